The molecule has 0 aliphatic heterocycles. The van der Waals surface area contributed by atoms with E-state index in [4.69, 9.17) is 18.0 Å². The van der Waals surface area contributed by atoms with E-state index in [0.29, 0.717) is 10.7 Å². The van der Waals surface area contributed by atoms with Gasteiger partial charge in [0.15, 0.2) is 0 Å². The second-order valence-electron chi connectivity index (χ2n) is 4.58. The van der Waals surface area contributed by atoms with E-state index in [1.165, 1.54) is 16.8 Å². The first-order valence-electron chi connectivity index (χ1n) is 6.79. The van der Waals surface area contributed by atoms with E-state index >= 15 is 0 Å². The molecule has 3 N–H and O–H groups in total. The first kappa shape index (κ1) is 14.5. The lowest BCUT2D eigenvalue weighted by Gasteiger charge is -2.15. The molecule has 3 nitrogen and oxygen atoms in total. The van der Waals surface area contributed by atoms with E-state index in [1.54, 1.807) is 6.20 Å². The van der Waals surface area contributed by atoms with E-state index in [9.17, 15) is 0 Å². The van der Waals surface area contributed by atoms with Crippen molar-refractivity contribution in [1.29, 1.82) is 0 Å². The quantitative estimate of drug-likeness (QED) is 0.824. The lowest BCUT2D eigenvalue weighted by Crippen LogP contribution is -2.11. The predicted molar refractivity (Wildman–Crippen MR) is 88.6 cm³/mol. The SMILES string of the molecule is CCc1cccc(CC)c1Nc1ccnc(C(N)=S)c1. The van der Waals surface area contributed by atoms with Gasteiger partial charge < -0.3 is 11.1 Å². The number of pyridine rings is 1. The number of para-hydroxylation sites is 1. The number of aromatic nitrogens is 1. The third kappa shape index (κ3) is 3.14. The molecule has 0 amide bonds. The summed E-state index contributed by atoms with van der Waals surface area (Å²) in [6, 6.07) is 10.2. The van der Waals surface area contributed by atoms with Crippen molar-refractivity contribution >= 4 is 28.6 Å². The van der Waals surface area contributed by atoms with Gasteiger partial charge in [-0.25, -0.2) is 0 Å². The number of nitrogens with two attached hydrogens (primary N) is 1. The van der Waals surface area contributed by atoms with E-state index in [0.717, 1.165) is 18.5 Å². The highest BCUT2D eigenvalue weighted by Gasteiger charge is 2.07. The van der Waals surface area contributed by atoms with Gasteiger partial charge in [0.2, 0.25) is 0 Å². The van der Waals surface area contributed by atoms with Gasteiger partial charge in [0.05, 0.1) is 5.69 Å². The topological polar surface area (TPSA) is 50.9 Å². The number of hydrogen-bond donors (Lipinski definition) is 2. The van der Waals surface area contributed by atoms with Crippen LogP contribution in [0.3, 0.4) is 0 Å². The third-order valence-electron chi connectivity index (χ3n) is 3.28. The highest BCUT2D eigenvalue weighted by atomic mass is 32.1. The summed E-state index contributed by atoms with van der Waals surface area (Å²) in [6.07, 6.45) is 3.70. The number of hydrogen-bond acceptors (Lipinski definition) is 3. The van der Waals surface area contributed by atoms with Crippen LogP contribution in [-0.4, -0.2) is 9.97 Å². The minimum Gasteiger partial charge on any atom is -0.388 e. The van der Waals surface area contributed by atoms with Crippen LogP contribution in [0.5, 0.6) is 0 Å². The fourth-order valence-electron chi connectivity index (χ4n) is 2.19. The number of anilines is 2. The summed E-state index contributed by atoms with van der Waals surface area (Å²) in [5.74, 6) is 0. The zero-order chi connectivity index (χ0) is 14.5. The summed E-state index contributed by atoms with van der Waals surface area (Å²) < 4.78 is 0. The number of nitrogens with zero attached hydrogens (tertiary/aromatic N) is 1. The van der Waals surface area contributed by atoms with Crippen molar-refractivity contribution in [2.45, 2.75) is 26.7 Å². The molecule has 1 aromatic heterocycles. The Balaban J connectivity index is 2.39. The molecule has 0 atom stereocenters. The molecule has 0 saturated heterocycles. The summed E-state index contributed by atoms with van der Waals surface area (Å²) in [5.41, 5.74) is 11.0. The number of thiocarbonyl (C=S) groups is 1. The molecule has 0 spiro atoms. The summed E-state index contributed by atoms with van der Waals surface area (Å²) in [6.45, 7) is 4.32. The molecule has 0 saturated carbocycles. The van der Waals surface area contributed by atoms with Crippen LogP contribution in [0.4, 0.5) is 11.4 Å². The molecule has 104 valence electrons. The van der Waals surface area contributed by atoms with Gasteiger partial charge in [-0.15, -0.1) is 0 Å². The van der Waals surface area contributed by atoms with Crippen LogP contribution in [0.1, 0.15) is 30.7 Å². The van der Waals surface area contributed by atoms with Crippen molar-refractivity contribution in [2.75, 3.05) is 5.32 Å². The van der Waals surface area contributed by atoms with E-state index in [1.807, 2.05) is 12.1 Å². The maximum absolute atomic E-state index is 5.63. The Labute approximate surface area is 125 Å². The van der Waals surface area contributed by atoms with Gasteiger partial charge >= 0.3 is 0 Å². The molecular weight excluding hydrogens is 266 g/mol. The maximum Gasteiger partial charge on any atom is 0.122 e. The van der Waals surface area contributed by atoms with Crippen molar-refractivity contribution in [2.24, 2.45) is 5.73 Å². The van der Waals surface area contributed by atoms with Crippen LogP contribution < -0.4 is 11.1 Å². The molecule has 1 heterocycles. The summed E-state index contributed by atoms with van der Waals surface area (Å²) >= 11 is 4.97. The van der Waals surface area contributed by atoms with Crippen LogP contribution >= 0.6 is 12.2 Å². The van der Waals surface area contributed by atoms with Gasteiger partial charge in [-0.1, -0.05) is 44.3 Å². The predicted octanol–water partition coefficient (Wildman–Crippen LogP) is 3.58. The zero-order valence-electron chi connectivity index (χ0n) is 11.8. The second-order valence-corrected chi connectivity index (χ2v) is 5.02. The monoisotopic (exact) mass is 285 g/mol. The second kappa shape index (κ2) is 6.48. The molecule has 4 heteroatoms. The van der Waals surface area contributed by atoms with E-state index in [2.05, 4.69) is 42.3 Å². The number of nitrogens with one attached hydrogen (secondary N) is 1. The van der Waals surface area contributed by atoms with Crippen molar-refractivity contribution in [3.8, 4) is 0 Å². The van der Waals surface area contributed by atoms with Gasteiger partial charge in [-0.05, 0) is 36.1 Å². The average Bonchev–Trinajstić information content (AvgIpc) is 2.47. The van der Waals surface area contributed by atoms with Crippen LogP contribution in [-0.2, 0) is 12.8 Å². The van der Waals surface area contributed by atoms with Crippen molar-refractivity contribution in [3.05, 3.63) is 53.3 Å². The minimum absolute atomic E-state index is 0.313. The smallest absolute Gasteiger partial charge is 0.122 e. The lowest BCUT2D eigenvalue weighted by molar-refractivity contribution is 1.09. The van der Waals surface area contributed by atoms with Crippen molar-refractivity contribution < 1.29 is 0 Å². The Morgan fingerprint density at radius 3 is 2.40 bits per heavy atom. The highest BCUT2D eigenvalue weighted by molar-refractivity contribution is 7.80. The highest BCUT2D eigenvalue weighted by Crippen LogP contribution is 2.26. The Bertz CT molecular complexity index is 601. The summed E-state index contributed by atoms with van der Waals surface area (Å²) in [4.78, 5) is 4.47. The van der Waals surface area contributed by atoms with Gasteiger partial charge in [0.25, 0.3) is 0 Å². The fourth-order valence-corrected chi connectivity index (χ4v) is 2.30. The first-order chi connectivity index (χ1) is 9.65. The number of rotatable bonds is 5. The molecule has 0 aliphatic carbocycles. The fraction of sp³-hybridized carbons (Fsp3) is 0.250. The Hall–Kier alpha value is -1.94. The molecule has 0 radical (unpaired) electrons. The van der Waals surface area contributed by atoms with Gasteiger partial charge in [0, 0.05) is 17.6 Å². The average molecular weight is 285 g/mol. The normalized spacial score (nSPS) is 10.3. The van der Waals surface area contributed by atoms with Crippen molar-refractivity contribution in [3.63, 3.8) is 0 Å². The molecule has 2 rings (SSSR count). The Morgan fingerprint density at radius 1 is 1.20 bits per heavy atom. The molecule has 0 bridgehead atoms. The van der Waals surface area contributed by atoms with Gasteiger partial charge in [-0.2, -0.15) is 0 Å². The molecule has 0 aliphatic rings. The van der Waals surface area contributed by atoms with Crippen molar-refractivity contribution in [1.82, 2.24) is 4.98 Å². The molecule has 20 heavy (non-hydrogen) atoms. The summed E-state index contributed by atoms with van der Waals surface area (Å²) in [7, 11) is 0. The summed E-state index contributed by atoms with van der Waals surface area (Å²) in [5, 5.41) is 3.48. The van der Waals surface area contributed by atoms with E-state index < -0.39 is 0 Å². The Morgan fingerprint density at radius 2 is 1.85 bits per heavy atom. The molecule has 0 fully saturated rings. The van der Waals surface area contributed by atoms with Crippen LogP contribution in [0.25, 0.3) is 0 Å². The number of aryl methyl sites for hydroxylation is 2. The maximum atomic E-state index is 5.63. The lowest BCUT2D eigenvalue weighted by atomic mass is 10.0. The third-order valence-corrected chi connectivity index (χ3v) is 3.49. The zero-order valence-corrected chi connectivity index (χ0v) is 12.6. The Kier molecular flexibility index (Phi) is 4.69. The van der Waals surface area contributed by atoms with Crippen LogP contribution in [0.2, 0.25) is 0 Å². The molecule has 1 aromatic carbocycles. The molecule has 0 unspecified atom stereocenters. The largest absolute Gasteiger partial charge is 0.388 e. The van der Waals surface area contributed by atoms with Gasteiger partial charge in [0.1, 0.15) is 4.99 Å². The first-order valence-corrected chi connectivity index (χ1v) is 7.20. The van der Waals surface area contributed by atoms with Crippen LogP contribution in [0, 0.1) is 0 Å². The number of benzene rings is 1. The van der Waals surface area contributed by atoms with E-state index in [-0.39, 0.29) is 0 Å². The standard InChI is InChI=1S/C16H19N3S/c1-3-11-6-5-7-12(4-2)15(11)19-13-8-9-18-14(10-13)16(17)20/h5-10H,3-4H2,1-2H3,(H2,17,20)(H,18,19). The van der Waals surface area contributed by atoms with Gasteiger partial charge in [-0.3, -0.25) is 4.98 Å². The van der Waals surface area contributed by atoms with Crippen LogP contribution in [0.15, 0.2) is 36.5 Å². The minimum atomic E-state index is 0.313. The molecule has 2 aromatic rings. The molecular formula is C16H19N3S.